The molecule has 1 nitrogen and oxygen atoms in total. The zero-order chi connectivity index (χ0) is 13.0. The smallest absolute Gasteiger partial charge is 0.185 e. The number of carbonyl (C=O) groups is 1. The molecule has 2 rings (SSSR count). The lowest BCUT2D eigenvalue weighted by Gasteiger charge is -1.97. The summed E-state index contributed by atoms with van der Waals surface area (Å²) in [4.78, 5) is 11.8. The first kappa shape index (κ1) is 12.5. The van der Waals surface area contributed by atoms with Gasteiger partial charge in [0.2, 0.25) is 0 Å². The molecule has 0 spiro atoms. The summed E-state index contributed by atoms with van der Waals surface area (Å²) >= 11 is 5.96. The number of carbonyl (C=O) groups excluding carboxylic acids is 1. The van der Waals surface area contributed by atoms with Crippen molar-refractivity contribution in [3.8, 4) is 0 Å². The van der Waals surface area contributed by atoms with E-state index in [1.54, 1.807) is 12.1 Å². The molecule has 0 bridgehead atoms. The Labute approximate surface area is 110 Å². The molecule has 2 aromatic carbocycles. The van der Waals surface area contributed by atoms with Gasteiger partial charge in [-0.15, -0.1) is 0 Å². The number of halogens is 2. The Morgan fingerprint density at radius 1 is 1.06 bits per heavy atom. The zero-order valence-electron chi connectivity index (χ0n) is 9.44. The fraction of sp³-hybridized carbons (Fsp3) is 0. The van der Waals surface area contributed by atoms with Crippen molar-refractivity contribution >= 4 is 23.5 Å². The number of ketones is 1. The molecule has 0 radical (unpaired) electrons. The summed E-state index contributed by atoms with van der Waals surface area (Å²) in [7, 11) is 0. The number of benzene rings is 2. The van der Waals surface area contributed by atoms with Crippen molar-refractivity contribution in [3.63, 3.8) is 0 Å². The molecule has 18 heavy (non-hydrogen) atoms. The molecule has 0 atom stereocenters. The van der Waals surface area contributed by atoms with Crippen LogP contribution in [0.4, 0.5) is 4.39 Å². The van der Waals surface area contributed by atoms with Crippen LogP contribution in [0.15, 0.2) is 54.6 Å². The van der Waals surface area contributed by atoms with Crippen molar-refractivity contribution in [2.24, 2.45) is 0 Å². The summed E-state index contributed by atoms with van der Waals surface area (Å²) in [5, 5.41) is 0.584. The van der Waals surface area contributed by atoms with Crippen LogP contribution >= 0.6 is 11.6 Å². The van der Waals surface area contributed by atoms with Crippen molar-refractivity contribution < 1.29 is 9.18 Å². The van der Waals surface area contributed by atoms with Gasteiger partial charge in [0.05, 0.1) is 0 Å². The van der Waals surface area contributed by atoms with E-state index in [4.69, 9.17) is 11.6 Å². The maximum atomic E-state index is 12.7. The maximum Gasteiger partial charge on any atom is 0.185 e. The molecule has 0 amide bonds. The second-order valence-corrected chi connectivity index (χ2v) is 4.13. The van der Waals surface area contributed by atoms with E-state index < -0.39 is 0 Å². The average molecular weight is 261 g/mol. The second-order valence-electron chi connectivity index (χ2n) is 3.73. The summed E-state index contributed by atoms with van der Waals surface area (Å²) in [5.41, 5.74) is 1.22. The van der Waals surface area contributed by atoms with E-state index in [9.17, 15) is 9.18 Å². The Hall–Kier alpha value is -1.93. The molecule has 0 aliphatic heterocycles. The van der Waals surface area contributed by atoms with Crippen LogP contribution in [0.2, 0.25) is 5.02 Å². The third-order valence-corrected chi connectivity index (χ3v) is 2.79. The Morgan fingerprint density at radius 2 is 1.72 bits per heavy atom. The summed E-state index contributed by atoms with van der Waals surface area (Å²) < 4.78 is 12.7. The van der Waals surface area contributed by atoms with Crippen molar-refractivity contribution in [1.29, 1.82) is 0 Å². The van der Waals surface area contributed by atoms with Gasteiger partial charge in [0, 0.05) is 10.6 Å². The van der Waals surface area contributed by atoms with E-state index in [2.05, 4.69) is 0 Å². The molecule has 0 heterocycles. The van der Waals surface area contributed by atoms with Gasteiger partial charge >= 0.3 is 0 Å². The molecule has 0 saturated heterocycles. The normalized spacial score (nSPS) is 10.8. The molecule has 0 aliphatic rings. The van der Waals surface area contributed by atoms with Gasteiger partial charge in [0.1, 0.15) is 5.82 Å². The van der Waals surface area contributed by atoms with Gasteiger partial charge in [-0.3, -0.25) is 4.79 Å². The molecule has 2 aromatic rings. The van der Waals surface area contributed by atoms with Gasteiger partial charge < -0.3 is 0 Å². The first-order valence-electron chi connectivity index (χ1n) is 5.39. The predicted molar refractivity (Wildman–Crippen MR) is 71.2 cm³/mol. The standard InChI is InChI=1S/C15H10ClFO/c16-14-4-2-1-3-11(14)7-10-15(18)12-5-8-13(17)9-6-12/h1-10H. The van der Waals surface area contributed by atoms with Crippen molar-refractivity contribution in [1.82, 2.24) is 0 Å². The van der Waals surface area contributed by atoms with Gasteiger partial charge in [-0.2, -0.15) is 0 Å². The Kier molecular flexibility index (Phi) is 3.90. The monoisotopic (exact) mass is 260 g/mol. The first-order chi connectivity index (χ1) is 8.66. The highest BCUT2D eigenvalue weighted by Crippen LogP contribution is 2.16. The number of hydrogen-bond acceptors (Lipinski definition) is 1. The van der Waals surface area contributed by atoms with Gasteiger partial charge in [-0.25, -0.2) is 4.39 Å². The van der Waals surface area contributed by atoms with Gasteiger partial charge in [0.25, 0.3) is 0 Å². The highest BCUT2D eigenvalue weighted by atomic mass is 35.5. The van der Waals surface area contributed by atoms with Crippen LogP contribution < -0.4 is 0 Å². The van der Waals surface area contributed by atoms with Crippen LogP contribution in [0.3, 0.4) is 0 Å². The van der Waals surface area contributed by atoms with Crippen LogP contribution in [0.5, 0.6) is 0 Å². The minimum Gasteiger partial charge on any atom is -0.289 e. The van der Waals surface area contributed by atoms with Gasteiger partial charge in [0.15, 0.2) is 5.78 Å². The Balaban J connectivity index is 2.17. The van der Waals surface area contributed by atoms with Crippen molar-refractivity contribution in [2.75, 3.05) is 0 Å². The minimum atomic E-state index is -0.360. The molecular weight excluding hydrogens is 251 g/mol. The maximum absolute atomic E-state index is 12.7. The average Bonchev–Trinajstić information content (AvgIpc) is 2.38. The number of rotatable bonds is 3. The molecule has 0 saturated carbocycles. The summed E-state index contributed by atoms with van der Waals surface area (Å²) in [6.45, 7) is 0. The second kappa shape index (κ2) is 5.61. The summed E-state index contributed by atoms with van der Waals surface area (Å²) in [6, 6.07) is 12.7. The fourth-order valence-electron chi connectivity index (χ4n) is 1.49. The third kappa shape index (κ3) is 3.05. The summed E-state index contributed by atoms with van der Waals surface area (Å²) in [5.74, 6) is -0.545. The quantitative estimate of drug-likeness (QED) is 0.591. The zero-order valence-corrected chi connectivity index (χ0v) is 10.2. The molecule has 0 aromatic heterocycles. The first-order valence-corrected chi connectivity index (χ1v) is 5.77. The van der Waals surface area contributed by atoms with Crippen LogP contribution in [0.1, 0.15) is 15.9 Å². The largest absolute Gasteiger partial charge is 0.289 e. The van der Waals surface area contributed by atoms with Gasteiger partial charge in [-0.1, -0.05) is 29.8 Å². The van der Waals surface area contributed by atoms with E-state index in [1.807, 2.05) is 18.2 Å². The molecule has 0 N–H and O–H groups in total. The molecular formula is C15H10ClFO. The van der Waals surface area contributed by atoms with Gasteiger partial charge in [-0.05, 0) is 48.0 Å². The molecule has 0 unspecified atom stereocenters. The Morgan fingerprint density at radius 3 is 2.39 bits per heavy atom. The predicted octanol–water partition coefficient (Wildman–Crippen LogP) is 4.38. The van der Waals surface area contributed by atoms with E-state index in [0.717, 1.165) is 5.56 Å². The van der Waals surface area contributed by atoms with Crippen LogP contribution in [-0.4, -0.2) is 5.78 Å². The van der Waals surface area contributed by atoms with E-state index in [0.29, 0.717) is 10.6 Å². The van der Waals surface area contributed by atoms with Crippen LogP contribution in [0.25, 0.3) is 6.08 Å². The SMILES string of the molecule is O=C(C=Cc1ccccc1Cl)c1ccc(F)cc1. The highest BCUT2D eigenvalue weighted by molar-refractivity contribution is 6.32. The Bertz CT molecular complexity index is 588. The lowest BCUT2D eigenvalue weighted by Crippen LogP contribution is -1.93. The number of allylic oxidation sites excluding steroid dienone is 1. The van der Waals surface area contributed by atoms with Crippen LogP contribution in [0, 0.1) is 5.82 Å². The molecule has 0 fully saturated rings. The van der Waals surface area contributed by atoms with E-state index >= 15 is 0 Å². The summed E-state index contributed by atoms with van der Waals surface area (Å²) in [6.07, 6.45) is 3.07. The number of hydrogen-bond donors (Lipinski definition) is 0. The van der Waals surface area contributed by atoms with E-state index in [1.165, 1.54) is 30.3 Å². The third-order valence-electron chi connectivity index (χ3n) is 2.45. The van der Waals surface area contributed by atoms with E-state index in [-0.39, 0.29) is 11.6 Å². The topological polar surface area (TPSA) is 17.1 Å². The lowest BCUT2D eigenvalue weighted by molar-refractivity contribution is 0.104. The fourth-order valence-corrected chi connectivity index (χ4v) is 1.68. The minimum absolute atomic E-state index is 0.185. The van der Waals surface area contributed by atoms with Crippen molar-refractivity contribution in [3.05, 3.63) is 76.6 Å². The lowest BCUT2D eigenvalue weighted by atomic mass is 10.1. The molecule has 90 valence electrons. The van der Waals surface area contributed by atoms with Crippen molar-refractivity contribution in [2.45, 2.75) is 0 Å². The highest BCUT2D eigenvalue weighted by Gasteiger charge is 2.02. The molecule has 0 aliphatic carbocycles. The molecule has 3 heteroatoms. The van der Waals surface area contributed by atoms with Crippen LogP contribution in [-0.2, 0) is 0 Å².